The number of carbonyl (C=O) groups is 1. The quantitative estimate of drug-likeness (QED) is 0.701. The summed E-state index contributed by atoms with van der Waals surface area (Å²) >= 11 is 0. The van der Waals surface area contributed by atoms with E-state index < -0.39 is 0 Å². The van der Waals surface area contributed by atoms with Crippen LogP contribution in [-0.2, 0) is 10.3 Å². The van der Waals surface area contributed by atoms with Gasteiger partial charge in [-0.2, -0.15) is 0 Å². The summed E-state index contributed by atoms with van der Waals surface area (Å²) in [5.74, 6) is 0.453. The minimum absolute atomic E-state index is 0.138. The molecule has 0 bridgehead atoms. The number of fused-ring (bicyclic) bond motifs is 1. The van der Waals surface area contributed by atoms with Crippen LogP contribution in [0.15, 0.2) is 60.7 Å². The standard InChI is InChI=1S/C17H15NO/c1-2-12-10-13-11-16(19)18-9-5-8-17(13,18)15-7-4-3-6-14(12)15/h2-8,11-12H,1,9-10H2/t12-,17-/m0/s1. The van der Waals surface area contributed by atoms with E-state index in [9.17, 15) is 4.79 Å². The van der Waals surface area contributed by atoms with Crippen LogP contribution in [0, 0.1) is 0 Å². The molecule has 3 aliphatic rings. The summed E-state index contributed by atoms with van der Waals surface area (Å²) in [5, 5.41) is 0. The normalized spacial score (nSPS) is 30.7. The summed E-state index contributed by atoms with van der Waals surface area (Å²) < 4.78 is 0. The fourth-order valence-electron chi connectivity index (χ4n) is 3.79. The molecular weight excluding hydrogens is 234 g/mol. The lowest BCUT2D eigenvalue weighted by atomic mass is 9.70. The second-order valence-corrected chi connectivity index (χ2v) is 5.42. The highest BCUT2D eigenvalue weighted by Crippen LogP contribution is 2.53. The van der Waals surface area contributed by atoms with Gasteiger partial charge in [-0.1, -0.05) is 42.5 Å². The monoisotopic (exact) mass is 249 g/mol. The van der Waals surface area contributed by atoms with Crippen molar-refractivity contribution in [1.29, 1.82) is 0 Å². The Bertz CT molecular complexity index is 655. The zero-order valence-electron chi connectivity index (χ0n) is 10.7. The van der Waals surface area contributed by atoms with Crippen molar-refractivity contribution >= 4 is 5.91 Å². The molecule has 0 radical (unpaired) electrons. The molecule has 19 heavy (non-hydrogen) atoms. The lowest BCUT2D eigenvalue weighted by Crippen LogP contribution is -2.43. The summed E-state index contributed by atoms with van der Waals surface area (Å²) in [5.41, 5.74) is 3.47. The number of hydrogen-bond donors (Lipinski definition) is 0. The first-order valence-corrected chi connectivity index (χ1v) is 6.69. The summed E-state index contributed by atoms with van der Waals surface area (Å²) in [6.07, 6.45) is 9.03. The van der Waals surface area contributed by atoms with Gasteiger partial charge in [-0.05, 0) is 23.1 Å². The minimum atomic E-state index is -0.298. The highest BCUT2D eigenvalue weighted by molar-refractivity contribution is 5.95. The molecule has 2 aliphatic heterocycles. The van der Waals surface area contributed by atoms with E-state index in [-0.39, 0.29) is 11.4 Å². The van der Waals surface area contributed by atoms with E-state index in [1.807, 2.05) is 17.1 Å². The first-order valence-electron chi connectivity index (χ1n) is 6.69. The fourth-order valence-corrected chi connectivity index (χ4v) is 3.79. The molecule has 1 aromatic carbocycles. The van der Waals surface area contributed by atoms with E-state index in [2.05, 4.69) is 43.0 Å². The molecule has 0 aromatic heterocycles. The van der Waals surface area contributed by atoms with Gasteiger partial charge >= 0.3 is 0 Å². The Labute approximate surface area is 112 Å². The molecule has 0 saturated heterocycles. The predicted octanol–water partition coefficient (Wildman–Crippen LogP) is 2.89. The maximum absolute atomic E-state index is 12.2. The maximum atomic E-state index is 12.2. The van der Waals surface area contributed by atoms with Crippen molar-refractivity contribution in [2.75, 3.05) is 6.54 Å². The van der Waals surface area contributed by atoms with Gasteiger partial charge in [0.15, 0.2) is 0 Å². The van der Waals surface area contributed by atoms with Crippen LogP contribution < -0.4 is 0 Å². The van der Waals surface area contributed by atoms with E-state index in [4.69, 9.17) is 0 Å². The van der Waals surface area contributed by atoms with Crippen molar-refractivity contribution in [3.05, 3.63) is 71.8 Å². The summed E-state index contributed by atoms with van der Waals surface area (Å²) in [6, 6.07) is 8.45. The van der Waals surface area contributed by atoms with Crippen molar-refractivity contribution in [1.82, 2.24) is 4.90 Å². The predicted molar refractivity (Wildman–Crippen MR) is 74.6 cm³/mol. The smallest absolute Gasteiger partial charge is 0.248 e. The Kier molecular flexibility index (Phi) is 1.97. The largest absolute Gasteiger partial charge is 0.318 e. The van der Waals surface area contributed by atoms with Crippen molar-refractivity contribution in [3.8, 4) is 0 Å². The maximum Gasteiger partial charge on any atom is 0.248 e. The van der Waals surface area contributed by atoms with Crippen molar-refractivity contribution < 1.29 is 4.79 Å². The number of benzene rings is 1. The Balaban J connectivity index is 2.03. The first kappa shape index (κ1) is 10.8. The first-order chi connectivity index (χ1) is 9.27. The third-order valence-corrected chi connectivity index (χ3v) is 4.62. The van der Waals surface area contributed by atoms with Gasteiger partial charge in [0, 0.05) is 18.5 Å². The summed E-state index contributed by atoms with van der Waals surface area (Å²) in [6.45, 7) is 4.67. The number of hydrogen-bond acceptors (Lipinski definition) is 1. The summed E-state index contributed by atoms with van der Waals surface area (Å²) in [7, 11) is 0. The number of nitrogens with zero attached hydrogens (tertiary/aromatic N) is 1. The third kappa shape index (κ3) is 1.14. The van der Waals surface area contributed by atoms with Gasteiger partial charge in [0.05, 0.1) is 0 Å². The number of amides is 1. The van der Waals surface area contributed by atoms with Crippen molar-refractivity contribution in [3.63, 3.8) is 0 Å². The summed E-state index contributed by atoms with van der Waals surface area (Å²) in [4.78, 5) is 14.2. The molecule has 0 fully saturated rings. The van der Waals surface area contributed by atoms with Gasteiger partial charge in [0.2, 0.25) is 5.91 Å². The molecule has 94 valence electrons. The second-order valence-electron chi connectivity index (χ2n) is 5.42. The Morgan fingerprint density at radius 2 is 2.21 bits per heavy atom. The van der Waals surface area contributed by atoms with Crippen LogP contribution in [0.2, 0.25) is 0 Å². The van der Waals surface area contributed by atoms with Crippen LogP contribution in [0.4, 0.5) is 0 Å². The van der Waals surface area contributed by atoms with Crippen LogP contribution in [0.5, 0.6) is 0 Å². The molecule has 2 atom stereocenters. The van der Waals surface area contributed by atoms with E-state index >= 15 is 0 Å². The molecule has 0 unspecified atom stereocenters. The highest BCUT2D eigenvalue weighted by Gasteiger charge is 2.52. The van der Waals surface area contributed by atoms with Gasteiger partial charge in [-0.25, -0.2) is 0 Å². The minimum Gasteiger partial charge on any atom is -0.318 e. The van der Waals surface area contributed by atoms with Crippen LogP contribution >= 0.6 is 0 Å². The SMILES string of the molecule is C=C[C@H]1CC2=CC(=O)N3CC=C[C@@]23c2ccccc21. The molecular formula is C17H15NO. The molecule has 0 saturated carbocycles. The number of allylic oxidation sites excluding steroid dienone is 1. The van der Waals surface area contributed by atoms with Crippen LogP contribution in [-0.4, -0.2) is 17.4 Å². The highest BCUT2D eigenvalue weighted by atomic mass is 16.2. The number of carbonyl (C=O) groups excluding carboxylic acids is 1. The molecule has 1 amide bonds. The zero-order valence-corrected chi connectivity index (χ0v) is 10.7. The molecule has 2 nitrogen and oxygen atoms in total. The van der Waals surface area contributed by atoms with E-state index in [1.54, 1.807) is 0 Å². The van der Waals surface area contributed by atoms with Crippen molar-refractivity contribution in [2.45, 2.75) is 17.9 Å². The molecule has 1 aliphatic carbocycles. The molecule has 1 aromatic rings. The Morgan fingerprint density at radius 1 is 1.37 bits per heavy atom. The van der Waals surface area contributed by atoms with E-state index in [0.29, 0.717) is 12.5 Å². The topological polar surface area (TPSA) is 20.3 Å². The van der Waals surface area contributed by atoms with Crippen LogP contribution in [0.25, 0.3) is 0 Å². The van der Waals surface area contributed by atoms with Gasteiger partial charge < -0.3 is 4.90 Å². The van der Waals surface area contributed by atoms with Gasteiger partial charge in [0.25, 0.3) is 0 Å². The molecule has 1 spiro atoms. The van der Waals surface area contributed by atoms with Gasteiger partial charge in [-0.3, -0.25) is 4.79 Å². The lowest BCUT2D eigenvalue weighted by molar-refractivity contribution is -0.126. The second kappa shape index (κ2) is 3.47. The average Bonchev–Trinajstić information content (AvgIpc) is 2.97. The number of rotatable bonds is 1. The van der Waals surface area contributed by atoms with Gasteiger partial charge in [0.1, 0.15) is 5.54 Å². The van der Waals surface area contributed by atoms with E-state index in [1.165, 1.54) is 16.7 Å². The van der Waals surface area contributed by atoms with Crippen molar-refractivity contribution in [2.24, 2.45) is 0 Å². The fraction of sp³-hybridized carbons (Fsp3) is 0.235. The zero-order chi connectivity index (χ0) is 13.0. The molecule has 2 heteroatoms. The molecule has 2 heterocycles. The van der Waals surface area contributed by atoms with Gasteiger partial charge in [-0.15, -0.1) is 6.58 Å². The molecule has 0 N–H and O–H groups in total. The molecule has 4 rings (SSSR count). The van der Waals surface area contributed by atoms with Crippen LogP contribution in [0.1, 0.15) is 23.5 Å². The lowest BCUT2D eigenvalue weighted by Gasteiger charge is -2.41. The Morgan fingerprint density at radius 3 is 3.05 bits per heavy atom. The Hall–Kier alpha value is -2.09. The van der Waals surface area contributed by atoms with Crippen LogP contribution in [0.3, 0.4) is 0 Å². The third-order valence-electron chi connectivity index (χ3n) is 4.62. The average molecular weight is 249 g/mol. The van der Waals surface area contributed by atoms with E-state index in [0.717, 1.165) is 6.42 Å².